The molecule has 1 N–H and O–H groups in total. The molecule has 0 aromatic carbocycles. The Kier molecular flexibility index (Phi) is 6.58. The van der Waals surface area contributed by atoms with E-state index >= 15 is 0 Å². The topological polar surface area (TPSA) is 21.3 Å². The van der Waals surface area contributed by atoms with Gasteiger partial charge in [0.15, 0.2) is 0 Å². The molecule has 0 saturated heterocycles. The van der Waals surface area contributed by atoms with E-state index in [9.17, 15) is 0 Å². The Morgan fingerprint density at radius 1 is 1.56 bits per heavy atom. The largest absolute Gasteiger partial charge is 0.318 e. The van der Waals surface area contributed by atoms with Gasteiger partial charge in [0, 0.05) is 6.04 Å². The molecule has 0 heterocycles. The van der Waals surface area contributed by atoms with Gasteiger partial charge >= 0.3 is 0 Å². The molecular formula is C6H15NOS. The average molecular weight is 149 g/mol. The van der Waals surface area contributed by atoms with Gasteiger partial charge in [-0.3, -0.25) is 0 Å². The maximum absolute atomic E-state index is 4.58. The van der Waals surface area contributed by atoms with Gasteiger partial charge in [0.2, 0.25) is 0 Å². The molecule has 0 aliphatic heterocycles. The molecule has 9 heavy (non-hydrogen) atoms. The lowest BCUT2D eigenvalue weighted by atomic mass is 10.3. The molecule has 0 unspecified atom stereocenters. The monoisotopic (exact) mass is 149 g/mol. The molecule has 0 amide bonds. The Bertz CT molecular complexity index is 59.0. The highest BCUT2D eigenvalue weighted by molar-refractivity contribution is 7.75. The number of hydrogen-bond acceptors (Lipinski definition) is 3. The third kappa shape index (κ3) is 8.27. The van der Waals surface area contributed by atoms with Crippen molar-refractivity contribution < 1.29 is 4.18 Å². The lowest BCUT2D eigenvalue weighted by Gasteiger charge is -2.05. The van der Waals surface area contributed by atoms with Gasteiger partial charge in [-0.2, -0.15) is 0 Å². The molecule has 0 saturated carbocycles. The Morgan fingerprint density at radius 3 is 2.67 bits per heavy atom. The highest BCUT2D eigenvalue weighted by Crippen LogP contribution is 1.84. The summed E-state index contributed by atoms with van der Waals surface area (Å²) >= 11 is 3.62. The van der Waals surface area contributed by atoms with Crippen LogP contribution in [0.3, 0.4) is 0 Å². The summed E-state index contributed by atoms with van der Waals surface area (Å²) in [6.45, 7) is 5.99. The van der Waals surface area contributed by atoms with Crippen molar-refractivity contribution in [3.63, 3.8) is 0 Å². The maximum Gasteiger partial charge on any atom is 0.0622 e. The van der Waals surface area contributed by atoms with E-state index in [1.165, 1.54) is 0 Å². The fourth-order valence-electron chi connectivity index (χ4n) is 0.527. The van der Waals surface area contributed by atoms with E-state index in [0.29, 0.717) is 6.04 Å². The summed E-state index contributed by atoms with van der Waals surface area (Å²) in [5.41, 5.74) is 0. The van der Waals surface area contributed by atoms with Crippen LogP contribution in [0, 0.1) is 0 Å². The summed E-state index contributed by atoms with van der Waals surface area (Å²) in [5, 5.41) is 3.27. The summed E-state index contributed by atoms with van der Waals surface area (Å²) in [5.74, 6) is 0. The van der Waals surface area contributed by atoms with Crippen molar-refractivity contribution in [1.29, 1.82) is 0 Å². The predicted molar refractivity (Wildman–Crippen MR) is 42.7 cm³/mol. The van der Waals surface area contributed by atoms with E-state index in [-0.39, 0.29) is 0 Å². The normalized spacial score (nSPS) is 10.7. The highest BCUT2D eigenvalue weighted by atomic mass is 32.1. The molecule has 0 radical (unpaired) electrons. The Labute approximate surface area is 62.6 Å². The standard InChI is InChI=1S/C6H15NOS/c1-6(2)7-4-3-5-8-9/h6-7,9H,3-5H2,1-2H3. The average Bonchev–Trinajstić information content (AvgIpc) is 1.80. The summed E-state index contributed by atoms with van der Waals surface area (Å²) in [7, 11) is 0. The van der Waals surface area contributed by atoms with Gasteiger partial charge in [0.05, 0.1) is 6.61 Å². The molecule has 0 aromatic rings. The van der Waals surface area contributed by atoms with Gasteiger partial charge in [-0.05, 0) is 25.9 Å². The first kappa shape index (κ1) is 9.27. The van der Waals surface area contributed by atoms with Gasteiger partial charge < -0.3 is 9.50 Å². The van der Waals surface area contributed by atoms with Crippen LogP contribution in [0.15, 0.2) is 0 Å². The molecule has 0 fully saturated rings. The molecule has 0 rings (SSSR count). The van der Waals surface area contributed by atoms with Crippen LogP contribution in [-0.2, 0) is 4.18 Å². The van der Waals surface area contributed by atoms with Gasteiger partial charge in [-0.1, -0.05) is 13.8 Å². The number of nitrogens with one attached hydrogen (secondary N) is 1. The fraction of sp³-hybridized carbons (Fsp3) is 1.00. The van der Waals surface area contributed by atoms with Crippen LogP contribution in [0.1, 0.15) is 20.3 Å². The number of rotatable bonds is 5. The molecule has 0 spiro atoms. The second-order valence-electron chi connectivity index (χ2n) is 2.30. The Balaban J connectivity index is 2.75. The third-order valence-corrected chi connectivity index (χ3v) is 1.15. The summed E-state index contributed by atoms with van der Waals surface area (Å²) in [4.78, 5) is 0. The van der Waals surface area contributed by atoms with E-state index in [1.54, 1.807) is 0 Å². The SMILES string of the molecule is CC(C)NCCCOS. The third-order valence-electron chi connectivity index (χ3n) is 0.965. The van der Waals surface area contributed by atoms with Crippen LogP contribution in [-0.4, -0.2) is 19.2 Å². The van der Waals surface area contributed by atoms with E-state index in [2.05, 4.69) is 36.3 Å². The van der Waals surface area contributed by atoms with E-state index in [1.807, 2.05) is 0 Å². The van der Waals surface area contributed by atoms with Gasteiger partial charge in [0.25, 0.3) is 0 Å². The van der Waals surface area contributed by atoms with Crippen LogP contribution in [0.25, 0.3) is 0 Å². The van der Waals surface area contributed by atoms with E-state index in [4.69, 9.17) is 0 Å². The van der Waals surface area contributed by atoms with Crippen LogP contribution in [0.4, 0.5) is 0 Å². The minimum Gasteiger partial charge on any atom is -0.318 e. The van der Waals surface area contributed by atoms with Crippen molar-refractivity contribution in [1.82, 2.24) is 5.32 Å². The van der Waals surface area contributed by atoms with Crippen molar-refractivity contribution in [3.05, 3.63) is 0 Å². The lowest BCUT2D eigenvalue weighted by molar-refractivity contribution is 0.363. The first-order chi connectivity index (χ1) is 4.27. The minimum absolute atomic E-state index is 0.574. The quantitative estimate of drug-likeness (QED) is 0.348. The molecule has 3 heteroatoms. The van der Waals surface area contributed by atoms with Crippen LogP contribution in [0.5, 0.6) is 0 Å². The maximum atomic E-state index is 4.58. The predicted octanol–water partition coefficient (Wildman–Crippen LogP) is 1.24. The zero-order chi connectivity index (χ0) is 7.11. The minimum atomic E-state index is 0.574. The van der Waals surface area contributed by atoms with E-state index < -0.39 is 0 Å². The van der Waals surface area contributed by atoms with Crippen molar-refractivity contribution in [2.75, 3.05) is 13.2 Å². The summed E-state index contributed by atoms with van der Waals surface area (Å²) < 4.78 is 4.58. The second kappa shape index (κ2) is 6.39. The van der Waals surface area contributed by atoms with Crippen LogP contribution in [0.2, 0.25) is 0 Å². The zero-order valence-electron chi connectivity index (χ0n) is 6.05. The molecule has 0 aliphatic carbocycles. The fourth-order valence-corrected chi connectivity index (χ4v) is 0.657. The molecule has 0 aromatic heterocycles. The van der Waals surface area contributed by atoms with Crippen molar-refractivity contribution >= 4 is 12.9 Å². The van der Waals surface area contributed by atoms with Gasteiger partial charge in [-0.25, -0.2) is 0 Å². The molecule has 0 atom stereocenters. The second-order valence-corrected chi connectivity index (χ2v) is 2.55. The van der Waals surface area contributed by atoms with E-state index in [0.717, 1.165) is 19.6 Å². The van der Waals surface area contributed by atoms with Crippen molar-refractivity contribution in [2.45, 2.75) is 26.3 Å². The number of hydrogen-bond donors (Lipinski definition) is 2. The van der Waals surface area contributed by atoms with Gasteiger partial charge in [-0.15, -0.1) is 0 Å². The smallest absolute Gasteiger partial charge is 0.0622 e. The van der Waals surface area contributed by atoms with Crippen molar-refractivity contribution in [3.8, 4) is 0 Å². The Morgan fingerprint density at radius 2 is 2.22 bits per heavy atom. The molecule has 2 nitrogen and oxygen atoms in total. The zero-order valence-corrected chi connectivity index (χ0v) is 6.95. The molecular weight excluding hydrogens is 134 g/mol. The first-order valence-corrected chi connectivity index (χ1v) is 3.63. The highest BCUT2D eigenvalue weighted by Gasteiger charge is 1.89. The molecule has 56 valence electrons. The summed E-state index contributed by atoms with van der Waals surface area (Å²) in [6, 6.07) is 0.574. The van der Waals surface area contributed by atoms with Gasteiger partial charge in [0.1, 0.15) is 0 Å². The first-order valence-electron chi connectivity index (χ1n) is 3.27. The lowest BCUT2D eigenvalue weighted by Crippen LogP contribution is -2.24. The van der Waals surface area contributed by atoms with Crippen LogP contribution < -0.4 is 5.32 Å². The molecule has 0 aliphatic rings. The Hall–Kier alpha value is 0.270. The summed E-state index contributed by atoms with van der Waals surface area (Å²) in [6.07, 6.45) is 1.03. The van der Waals surface area contributed by atoms with Crippen molar-refractivity contribution in [2.24, 2.45) is 0 Å². The van der Waals surface area contributed by atoms with Crippen LogP contribution >= 0.6 is 12.9 Å². The number of thiol groups is 1. The molecule has 0 bridgehead atoms.